The lowest BCUT2D eigenvalue weighted by molar-refractivity contribution is -0.131. The summed E-state index contributed by atoms with van der Waals surface area (Å²) in [5, 5.41) is 15.4. The number of nitrogens with one attached hydrogen (secondary N) is 1. The molecule has 1 saturated carbocycles. The molecule has 28 heavy (non-hydrogen) atoms. The Balaban J connectivity index is 1.49. The minimum atomic E-state index is -0.211. The molecule has 1 aromatic heterocycles. The van der Waals surface area contributed by atoms with Crippen molar-refractivity contribution in [3.63, 3.8) is 0 Å². The van der Waals surface area contributed by atoms with Crippen LogP contribution in [0.1, 0.15) is 44.2 Å². The van der Waals surface area contributed by atoms with E-state index in [1.807, 2.05) is 35.9 Å². The maximum Gasteiger partial charge on any atom is 0.243 e. The van der Waals surface area contributed by atoms with Gasteiger partial charge in [-0.3, -0.25) is 9.59 Å². The van der Waals surface area contributed by atoms with E-state index in [0.29, 0.717) is 11.2 Å². The summed E-state index contributed by atoms with van der Waals surface area (Å²) < 4.78 is 1.83. The van der Waals surface area contributed by atoms with E-state index in [4.69, 9.17) is 0 Å². The molecule has 1 aliphatic rings. The lowest BCUT2D eigenvalue weighted by atomic mass is 10.1. The van der Waals surface area contributed by atoms with Crippen molar-refractivity contribution < 1.29 is 9.59 Å². The van der Waals surface area contributed by atoms with Crippen LogP contribution in [-0.4, -0.2) is 56.3 Å². The van der Waals surface area contributed by atoms with Crippen LogP contribution < -0.4 is 5.32 Å². The van der Waals surface area contributed by atoms with Crippen LogP contribution in [-0.2, 0) is 16.0 Å². The maximum absolute atomic E-state index is 12.4. The van der Waals surface area contributed by atoms with Gasteiger partial charge in [0.05, 0.1) is 18.3 Å². The zero-order chi connectivity index (χ0) is 19.9. The van der Waals surface area contributed by atoms with Gasteiger partial charge in [0.25, 0.3) is 0 Å². The molecule has 0 atom stereocenters. The number of hydrogen-bond donors (Lipinski definition) is 1. The van der Waals surface area contributed by atoms with Gasteiger partial charge in [0.2, 0.25) is 17.0 Å². The van der Waals surface area contributed by atoms with Gasteiger partial charge in [-0.05, 0) is 41.3 Å². The van der Waals surface area contributed by atoms with E-state index < -0.39 is 0 Å². The molecule has 9 heteroatoms. The summed E-state index contributed by atoms with van der Waals surface area (Å²) in [5.74, 6) is -0.148. The number of thioether (sulfide) groups is 1. The third kappa shape index (κ3) is 5.09. The number of amides is 2. The SMILES string of the molecule is CCc1ccccc1NC(=O)CN(C)C(=O)CSc1nnnn1C1CCCC1. The van der Waals surface area contributed by atoms with E-state index in [9.17, 15) is 9.59 Å². The van der Waals surface area contributed by atoms with Crippen LogP contribution in [0.2, 0.25) is 0 Å². The largest absolute Gasteiger partial charge is 0.336 e. The lowest BCUT2D eigenvalue weighted by Gasteiger charge is -2.17. The Hall–Kier alpha value is -2.42. The van der Waals surface area contributed by atoms with Gasteiger partial charge >= 0.3 is 0 Å². The number of anilines is 1. The van der Waals surface area contributed by atoms with Crippen molar-refractivity contribution >= 4 is 29.3 Å². The number of aromatic nitrogens is 4. The minimum absolute atomic E-state index is 0.00497. The average Bonchev–Trinajstić information content (AvgIpc) is 3.37. The molecule has 8 nitrogen and oxygen atoms in total. The molecule has 0 unspecified atom stereocenters. The maximum atomic E-state index is 12.4. The van der Waals surface area contributed by atoms with Gasteiger partial charge in [-0.25, -0.2) is 4.68 Å². The van der Waals surface area contributed by atoms with Crippen molar-refractivity contribution in [1.82, 2.24) is 25.1 Å². The average molecular weight is 403 g/mol. The summed E-state index contributed by atoms with van der Waals surface area (Å²) >= 11 is 1.32. The molecule has 0 radical (unpaired) electrons. The number of tetrazole rings is 1. The van der Waals surface area contributed by atoms with Gasteiger partial charge in [0.1, 0.15) is 0 Å². The molecule has 1 heterocycles. The Bertz CT molecular complexity index is 818. The molecule has 0 spiro atoms. The quantitative estimate of drug-likeness (QED) is 0.682. The van der Waals surface area contributed by atoms with Crippen LogP contribution in [0.3, 0.4) is 0 Å². The van der Waals surface area contributed by atoms with Crippen molar-refractivity contribution in [2.75, 3.05) is 24.7 Å². The number of rotatable bonds is 8. The van der Waals surface area contributed by atoms with Crippen LogP contribution >= 0.6 is 11.8 Å². The van der Waals surface area contributed by atoms with E-state index in [1.165, 1.54) is 29.5 Å². The summed E-state index contributed by atoms with van der Waals surface area (Å²) in [4.78, 5) is 26.2. The van der Waals surface area contributed by atoms with Gasteiger partial charge in [0.15, 0.2) is 0 Å². The summed E-state index contributed by atoms with van der Waals surface area (Å²) in [6, 6.07) is 8.01. The molecule has 3 rings (SSSR count). The molecule has 0 saturated heterocycles. The monoisotopic (exact) mass is 402 g/mol. The molecule has 1 fully saturated rings. The highest BCUT2D eigenvalue weighted by Gasteiger charge is 2.22. The second-order valence-corrected chi connectivity index (χ2v) is 7.88. The highest BCUT2D eigenvalue weighted by molar-refractivity contribution is 7.99. The van der Waals surface area contributed by atoms with E-state index >= 15 is 0 Å². The Kier molecular flexibility index (Phi) is 7.02. The molecule has 1 aliphatic carbocycles. The predicted molar refractivity (Wildman–Crippen MR) is 108 cm³/mol. The zero-order valence-electron chi connectivity index (χ0n) is 16.3. The molecule has 0 aliphatic heterocycles. The number of likely N-dealkylation sites (N-methyl/N-ethyl adjacent to an activating group) is 1. The Morgan fingerprint density at radius 1 is 1.29 bits per heavy atom. The van der Waals surface area contributed by atoms with Crippen molar-refractivity contribution in [3.05, 3.63) is 29.8 Å². The fraction of sp³-hybridized carbons (Fsp3) is 0.526. The number of para-hydroxylation sites is 1. The molecule has 1 aromatic carbocycles. The van der Waals surface area contributed by atoms with Gasteiger partial charge in [-0.1, -0.05) is 49.7 Å². The second kappa shape index (κ2) is 9.68. The third-order valence-electron chi connectivity index (χ3n) is 4.94. The third-order valence-corrected chi connectivity index (χ3v) is 5.86. The van der Waals surface area contributed by atoms with E-state index in [2.05, 4.69) is 20.8 Å². The Labute approximate surface area is 169 Å². The predicted octanol–water partition coefficient (Wildman–Crippen LogP) is 2.54. The fourth-order valence-corrected chi connectivity index (χ4v) is 4.22. The molecule has 2 amide bonds. The molecule has 1 N–H and O–H groups in total. The van der Waals surface area contributed by atoms with Gasteiger partial charge < -0.3 is 10.2 Å². The highest BCUT2D eigenvalue weighted by Crippen LogP contribution is 2.31. The normalized spacial score (nSPS) is 14.2. The van der Waals surface area contributed by atoms with Gasteiger partial charge in [0, 0.05) is 12.7 Å². The summed E-state index contributed by atoms with van der Waals surface area (Å²) in [6.45, 7) is 2.04. The number of nitrogens with zero attached hydrogens (tertiary/aromatic N) is 5. The molecular formula is C19H26N6O2S. The first-order valence-electron chi connectivity index (χ1n) is 9.61. The van der Waals surface area contributed by atoms with Gasteiger partial charge in [-0.2, -0.15) is 0 Å². The van der Waals surface area contributed by atoms with E-state index in [-0.39, 0.29) is 24.1 Å². The first kappa shape index (κ1) is 20.3. The van der Waals surface area contributed by atoms with Crippen LogP contribution in [0.25, 0.3) is 0 Å². The van der Waals surface area contributed by atoms with Crippen molar-refractivity contribution in [1.29, 1.82) is 0 Å². The first-order chi connectivity index (χ1) is 13.6. The smallest absolute Gasteiger partial charge is 0.243 e. The number of carbonyl (C=O) groups excluding carboxylic acids is 2. The van der Waals surface area contributed by atoms with Crippen molar-refractivity contribution in [3.8, 4) is 0 Å². The van der Waals surface area contributed by atoms with Crippen LogP contribution in [0.4, 0.5) is 5.69 Å². The van der Waals surface area contributed by atoms with Crippen molar-refractivity contribution in [2.24, 2.45) is 0 Å². The number of carbonyl (C=O) groups is 2. The molecular weight excluding hydrogens is 376 g/mol. The van der Waals surface area contributed by atoms with Crippen molar-refractivity contribution in [2.45, 2.75) is 50.2 Å². The lowest BCUT2D eigenvalue weighted by Crippen LogP contribution is -2.36. The number of benzene rings is 1. The molecule has 150 valence electrons. The summed E-state index contributed by atoms with van der Waals surface area (Å²) in [7, 11) is 1.63. The Morgan fingerprint density at radius 2 is 2.04 bits per heavy atom. The fourth-order valence-electron chi connectivity index (χ4n) is 3.34. The number of aryl methyl sites for hydroxylation is 1. The van der Waals surface area contributed by atoms with Gasteiger partial charge in [-0.15, -0.1) is 5.10 Å². The topological polar surface area (TPSA) is 93.0 Å². The highest BCUT2D eigenvalue weighted by atomic mass is 32.2. The summed E-state index contributed by atoms with van der Waals surface area (Å²) in [6.07, 6.45) is 5.36. The zero-order valence-corrected chi connectivity index (χ0v) is 17.1. The van der Waals surface area contributed by atoms with E-state index in [1.54, 1.807) is 7.05 Å². The second-order valence-electron chi connectivity index (χ2n) is 6.94. The van der Waals surface area contributed by atoms with Crippen LogP contribution in [0.5, 0.6) is 0 Å². The minimum Gasteiger partial charge on any atom is -0.336 e. The van der Waals surface area contributed by atoms with E-state index in [0.717, 1.165) is 30.5 Å². The standard InChI is InChI=1S/C19H26N6O2S/c1-3-14-8-4-7-11-16(14)20-17(26)12-24(2)18(27)13-28-19-21-22-23-25(19)15-9-5-6-10-15/h4,7-8,11,15H,3,5-6,9-10,12-13H2,1-2H3,(H,20,26). The van der Waals surface area contributed by atoms with Crippen LogP contribution in [0.15, 0.2) is 29.4 Å². The number of hydrogen-bond acceptors (Lipinski definition) is 6. The summed E-state index contributed by atoms with van der Waals surface area (Å²) in [5.41, 5.74) is 1.86. The Morgan fingerprint density at radius 3 is 2.79 bits per heavy atom. The van der Waals surface area contributed by atoms with Crippen LogP contribution in [0, 0.1) is 0 Å². The first-order valence-corrected chi connectivity index (χ1v) is 10.6. The molecule has 2 aromatic rings. The molecule has 0 bridgehead atoms.